The second kappa shape index (κ2) is 9.07. The summed E-state index contributed by atoms with van der Waals surface area (Å²) in [5.74, 6) is -0.286. The average Bonchev–Trinajstić information content (AvgIpc) is 3.05. The van der Waals surface area contributed by atoms with Crippen molar-refractivity contribution in [3.05, 3.63) is 48.0 Å². The predicted molar refractivity (Wildman–Crippen MR) is 122 cm³/mol. The maximum absolute atomic E-state index is 12.3. The summed E-state index contributed by atoms with van der Waals surface area (Å²) in [6.07, 6.45) is 0.298. The summed E-state index contributed by atoms with van der Waals surface area (Å²) >= 11 is 0. The first-order valence-electron chi connectivity index (χ1n) is 10.1. The SMILES string of the molecule is CN1CC(C(=O)NCc2ccc(Nc3cc(N(C)C)cc(N(C)C)c3)cc2)CC1=O. The zero-order chi connectivity index (χ0) is 21.8. The maximum Gasteiger partial charge on any atom is 0.225 e. The summed E-state index contributed by atoms with van der Waals surface area (Å²) in [6, 6.07) is 14.4. The first-order chi connectivity index (χ1) is 14.2. The van der Waals surface area contributed by atoms with E-state index in [2.05, 4.69) is 38.6 Å². The predicted octanol–water partition coefficient (Wildman–Crippen LogP) is 2.66. The van der Waals surface area contributed by atoms with Crippen LogP contribution in [0, 0.1) is 5.92 Å². The molecule has 1 saturated heterocycles. The minimum Gasteiger partial charge on any atom is -0.378 e. The van der Waals surface area contributed by atoms with Crippen LogP contribution in [0.4, 0.5) is 22.7 Å². The van der Waals surface area contributed by atoms with E-state index in [0.717, 1.165) is 28.3 Å². The smallest absolute Gasteiger partial charge is 0.225 e. The maximum atomic E-state index is 12.3. The highest BCUT2D eigenvalue weighted by molar-refractivity contribution is 5.89. The van der Waals surface area contributed by atoms with E-state index in [-0.39, 0.29) is 17.7 Å². The lowest BCUT2D eigenvalue weighted by Crippen LogP contribution is -2.31. The van der Waals surface area contributed by atoms with Crippen molar-refractivity contribution >= 4 is 34.6 Å². The molecular formula is C23H31N5O2. The van der Waals surface area contributed by atoms with Crippen LogP contribution in [-0.2, 0) is 16.1 Å². The average molecular weight is 410 g/mol. The van der Waals surface area contributed by atoms with Crippen molar-refractivity contribution in [3.63, 3.8) is 0 Å². The molecule has 1 aliphatic rings. The van der Waals surface area contributed by atoms with Crippen LogP contribution in [0.1, 0.15) is 12.0 Å². The number of carbonyl (C=O) groups excluding carboxylic acids is 2. The quantitative estimate of drug-likeness (QED) is 0.736. The zero-order valence-corrected chi connectivity index (χ0v) is 18.4. The minimum absolute atomic E-state index is 0.0290. The molecule has 1 aliphatic heterocycles. The van der Waals surface area contributed by atoms with Crippen LogP contribution in [0.5, 0.6) is 0 Å². The molecule has 0 aromatic heterocycles. The van der Waals surface area contributed by atoms with Gasteiger partial charge in [-0.3, -0.25) is 9.59 Å². The van der Waals surface area contributed by atoms with Gasteiger partial charge in [0.15, 0.2) is 0 Å². The van der Waals surface area contributed by atoms with Gasteiger partial charge < -0.3 is 25.3 Å². The van der Waals surface area contributed by atoms with Gasteiger partial charge in [0.05, 0.1) is 5.92 Å². The molecule has 7 nitrogen and oxygen atoms in total. The first-order valence-corrected chi connectivity index (χ1v) is 10.1. The minimum atomic E-state index is -0.252. The van der Waals surface area contributed by atoms with E-state index in [1.165, 1.54) is 0 Å². The number of hydrogen-bond acceptors (Lipinski definition) is 5. The van der Waals surface area contributed by atoms with Crippen LogP contribution in [0.3, 0.4) is 0 Å². The molecule has 0 spiro atoms. The molecule has 0 bridgehead atoms. The van der Waals surface area contributed by atoms with Crippen molar-refractivity contribution in [1.29, 1.82) is 0 Å². The Kier molecular flexibility index (Phi) is 6.50. The van der Waals surface area contributed by atoms with Crippen molar-refractivity contribution in [2.75, 3.05) is 56.9 Å². The van der Waals surface area contributed by atoms with Gasteiger partial charge in [0.2, 0.25) is 11.8 Å². The fraction of sp³-hybridized carbons (Fsp3) is 0.391. The molecule has 1 heterocycles. The highest BCUT2D eigenvalue weighted by Crippen LogP contribution is 2.28. The standard InChI is InChI=1S/C23H31N5O2/c1-26(2)20-11-19(12-21(13-20)27(3)4)25-18-8-6-16(7-9-18)14-24-23(30)17-10-22(29)28(5)15-17/h6-9,11-13,17,25H,10,14-15H2,1-5H3,(H,24,30). The lowest BCUT2D eigenvalue weighted by molar-refractivity contribution is -0.128. The molecule has 1 fully saturated rings. The van der Waals surface area contributed by atoms with Crippen molar-refractivity contribution in [1.82, 2.24) is 10.2 Å². The van der Waals surface area contributed by atoms with Gasteiger partial charge in [0, 0.05) is 77.5 Å². The first kappa shape index (κ1) is 21.5. The Balaban J connectivity index is 1.61. The summed E-state index contributed by atoms with van der Waals surface area (Å²) in [4.78, 5) is 29.7. The lowest BCUT2D eigenvalue weighted by atomic mass is 10.1. The van der Waals surface area contributed by atoms with Crippen LogP contribution >= 0.6 is 0 Å². The third-order valence-electron chi connectivity index (χ3n) is 5.36. The van der Waals surface area contributed by atoms with Crippen molar-refractivity contribution in [2.45, 2.75) is 13.0 Å². The summed E-state index contributed by atoms with van der Waals surface area (Å²) in [7, 11) is 9.85. The highest BCUT2D eigenvalue weighted by atomic mass is 16.2. The van der Waals surface area contributed by atoms with Gasteiger partial charge in [0.1, 0.15) is 0 Å². The Morgan fingerprint density at radius 2 is 1.60 bits per heavy atom. The Morgan fingerprint density at radius 3 is 2.10 bits per heavy atom. The van der Waals surface area contributed by atoms with E-state index in [0.29, 0.717) is 19.5 Å². The van der Waals surface area contributed by atoms with Gasteiger partial charge in [-0.25, -0.2) is 0 Å². The molecule has 2 aromatic carbocycles. The Labute approximate surface area is 178 Å². The number of nitrogens with one attached hydrogen (secondary N) is 2. The summed E-state index contributed by atoms with van der Waals surface area (Å²) in [5.41, 5.74) is 5.26. The van der Waals surface area contributed by atoms with Crippen molar-refractivity contribution in [3.8, 4) is 0 Å². The van der Waals surface area contributed by atoms with E-state index in [9.17, 15) is 9.59 Å². The molecule has 30 heavy (non-hydrogen) atoms. The van der Waals surface area contributed by atoms with Gasteiger partial charge in [-0.1, -0.05) is 12.1 Å². The fourth-order valence-electron chi connectivity index (χ4n) is 3.43. The topological polar surface area (TPSA) is 67.9 Å². The molecule has 2 aromatic rings. The summed E-state index contributed by atoms with van der Waals surface area (Å²) in [6.45, 7) is 0.947. The summed E-state index contributed by atoms with van der Waals surface area (Å²) in [5, 5.41) is 6.40. The molecule has 3 rings (SSSR count). The number of rotatable bonds is 7. The number of amides is 2. The van der Waals surface area contributed by atoms with Gasteiger partial charge in [-0.15, -0.1) is 0 Å². The van der Waals surface area contributed by atoms with Crippen LogP contribution in [0.2, 0.25) is 0 Å². The van der Waals surface area contributed by atoms with Crippen molar-refractivity contribution < 1.29 is 9.59 Å². The van der Waals surface area contributed by atoms with Crippen LogP contribution in [0.25, 0.3) is 0 Å². The summed E-state index contributed by atoms with van der Waals surface area (Å²) < 4.78 is 0. The van der Waals surface area contributed by atoms with E-state index >= 15 is 0 Å². The second-order valence-corrected chi connectivity index (χ2v) is 8.24. The Hall–Kier alpha value is -3.22. The molecule has 160 valence electrons. The normalized spacial score (nSPS) is 15.8. The largest absolute Gasteiger partial charge is 0.378 e. The third kappa shape index (κ3) is 5.23. The molecular weight excluding hydrogens is 378 g/mol. The molecule has 7 heteroatoms. The van der Waals surface area contributed by atoms with Crippen molar-refractivity contribution in [2.24, 2.45) is 5.92 Å². The third-order valence-corrected chi connectivity index (χ3v) is 5.36. The molecule has 2 N–H and O–H groups in total. The van der Waals surface area contributed by atoms with E-state index in [1.807, 2.05) is 52.5 Å². The number of nitrogens with zero attached hydrogens (tertiary/aromatic N) is 3. The van der Waals surface area contributed by atoms with Gasteiger partial charge in [-0.05, 0) is 35.9 Å². The fourth-order valence-corrected chi connectivity index (χ4v) is 3.43. The van der Waals surface area contributed by atoms with Crippen LogP contribution in [-0.4, -0.2) is 58.5 Å². The Bertz CT molecular complexity index is 882. The number of carbonyl (C=O) groups is 2. The Morgan fingerprint density at radius 1 is 1.00 bits per heavy atom. The van der Waals surface area contributed by atoms with E-state index < -0.39 is 0 Å². The van der Waals surface area contributed by atoms with E-state index in [4.69, 9.17) is 0 Å². The molecule has 0 radical (unpaired) electrons. The molecule has 0 aliphatic carbocycles. The molecule has 0 saturated carbocycles. The molecule has 1 atom stereocenters. The van der Waals surface area contributed by atoms with Gasteiger partial charge in [-0.2, -0.15) is 0 Å². The van der Waals surface area contributed by atoms with E-state index in [1.54, 1.807) is 11.9 Å². The van der Waals surface area contributed by atoms with Crippen LogP contribution < -0.4 is 20.4 Å². The molecule has 2 amide bonds. The zero-order valence-electron chi connectivity index (χ0n) is 18.4. The lowest BCUT2D eigenvalue weighted by Gasteiger charge is -2.20. The molecule has 1 unspecified atom stereocenters. The second-order valence-electron chi connectivity index (χ2n) is 8.24. The number of benzene rings is 2. The van der Waals surface area contributed by atoms with Crippen LogP contribution in [0.15, 0.2) is 42.5 Å². The highest BCUT2D eigenvalue weighted by Gasteiger charge is 2.31. The van der Waals surface area contributed by atoms with Gasteiger partial charge in [0.25, 0.3) is 0 Å². The van der Waals surface area contributed by atoms with Gasteiger partial charge >= 0.3 is 0 Å². The monoisotopic (exact) mass is 409 g/mol. The number of anilines is 4. The number of hydrogen-bond donors (Lipinski definition) is 2. The number of likely N-dealkylation sites (tertiary alicyclic amines) is 1.